The van der Waals surface area contributed by atoms with Crippen LogP contribution in [0.3, 0.4) is 0 Å². The molecule has 0 aliphatic heterocycles. The van der Waals surface area contributed by atoms with Crippen LogP contribution >= 0.6 is 12.4 Å². The van der Waals surface area contributed by atoms with Gasteiger partial charge in [-0.25, -0.2) is 0 Å². The van der Waals surface area contributed by atoms with Gasteiger partial charge in [0.05, 0.1) is 18.8 Å². The Labute approximate surface area is 143 Å². The molecule has 0 amide bonds. The molecule has 0 fully saturated rings. The summed E-state index contributed by atoms with van der Waals surface area (Å²) < 4.78 is 11.5. The van der Waals surface area contributed by atoms with Crippen LogP contribution in [-0.4, -0.2) is 17.8 Å². The van der Waals surface area contributed by atoms with E-state index < -0.39 is 12.1 Å². The fourth-order valence-electron chi connectivity index (χ4n) is 2.13. The maximum atomic E-state index is 9.62. The summed E-state index contributed by atoms with van der Waals surface area (Å²) in [6.07, 6.45) is -0.620. The number of halogens is 1. The van der Waals surface area contributed by atoms with Crippen LogP contribution in [0.15, 0.2) is 48.5 Å². The molecule has 126 valence electrons. The van der Waals surface area contributed by atoms with Crippen molar-refractivity contribution in [1.29, 1.82) is 0 Å². The highest BCUT2D eigenvalue weighted by Crippen LogP contribution is 2.31. The summed E-state index contributed by atoms with van der Waals surface area (Å²) in [5.74, 6) is 1.32. The van der Waals surface area contributed by atoms with Crippen LogP contribution in [0, 0.1) is 0 Å². The quantitative estimate of drug-likeness (QED) is 0.812. The van der Waals surface area contributed by atoms with Gasteiger partial charge in [-0.15, -0.1) is 12.4 Å². The molecule has 3 N–H and O–H groups in total. The summed E-state index contributed by atoms with van der Waals surface area (Å²) in [6, 6.07) is 15.0. The molecule has 2 aromatic rings. The van der Waals surface area contributed by atoms with E-state index in [2.05, 4.69) is 0 Å². The van der Waals surface area contributed by atoms with Gasteiger partial charge in [-0.3, -0.25) is 0 Å². The number of hydrogen-bond acceptors (Lipinski definition) is 4. The number of ether oxygens (including phenoxy) is 2. The van der Waals surface area contributed by atoms with Crippen molar-refractivity contribution < 1.29 is 14.6 Å². The Morgan fingerprint density at radius 3 is 2.35 bits per heavy atom. The second-order valence-corrected chi connectivity index (χ2v) is 5.18. The normalized spacial score (nSPS) is 12.9. The minimum atomic E-state index is -0.620. The van der Waals surface area contributed by atoms with Gasteiger partial charge in [0.1, 0.15) is 6.61 Å². The van der Waals surface area contributed by atoms with Crippen molar-refractivity contribution in [2.75, 3.05) is 6.61 Å². The lowest BCUT2D eigenvalue weighted by molar-refractivity contribution is 0.164. The van der Waals surface area contributed by atoms with Crippen molar-refractivity contribution in [3.63, 3.8) is 0 Å². The highest BCUT2D eigenvalue weighted by molar-refractivity contribution is 5.85. The first-order valence-corrected chi connectivity index (χ1v) is 7.49. The van der Waals surface area contributed by atoms with Gasteiger partial charge in [0.15, 0.2) is 11.5 Å². The number of rotatable bonds is 7. The average Bonchev–Trinajstić information content (AvgIpc) is 2.54. The molecule has 0 aromatic heterocycles. The lowest BCUT2D eigenvalue weighted by Crippen LogP contribution is -2.23. The third-order valence-corrected chi connectivity index (χ3v) is 3.41. The maximum Gasteiger partial charge on any atom is 0.161 e. The van der Waals surface area contributed by atoms with E-state index in [1.54, 1.807) is 6.92 Å². The molecule has 23 heavy (non-hydrogen) atoms. The molecule has 2 atom stereocenters. The Morgan fingerprint density at radius 2 is 1.74 bits per heavy atom. The van der Waals surface area contributed by atoms with Crippen molar-refractivity contribution in [2.24, 2.45) is 5.73 Å². The van der Waals surface area contributed by atoms with Gasteiger partial charge in [0.2, 0.25) is 0 Å². The molecule has 0 spiro atoms. The van der Waals surface area contributed by atoms with Gasteiger partial charge in [0, 0.05) is 0 Å². The first-order chi connectivity index (χ1) is 10.6. The van der Waals surface area contributed by atoms with E-state index in [1.165, 1.54) is 0 Å². The first-order valence-electron chi connectivity index (χ1n) is 7.49. The van der Waals surface area contributed by atoms with Crippen LogP contribution in [0.5, 0.6) is 11.5 Å². The zero-order chi connectivity index (χ0) is 15.9. The summed E-state index contributed by atoms with van der Waals surface area (Å²) >= 11 is 0. The topological polar surface area (TPSA) is 64.7 Å². The highest BCUT2D eigenvalue weighted by atomic mass is 35.5. The maximum absolute atomic E-state index is 9.62. The van der Waals surface area contributed by atoms with Crippen LogP contribution in [0.25, 0.3) is 0 Å². The lowest BCUT2D eigenvalue weighted by atomic mass is 10.0. The fraction of sp³-hybridized carbons (Fsp3) is 0.333. The fourth-order valence-corrected chi connectivity index (χ4v) is 2.13. The molecule has 0 aliphatic rings. The number of aliphatic hydroxyl groups is 1. The molecule has 0 saturated heterocycles. The van der Waals surface area contributed by atoms with Crippen LogP contribution in [0.2, 0.25) is 0 Å². The second-order valence-electron chi connectivity index (χ2n) is 5.18. The zero-order valence-electron chi connectivity index (χ0n) is 13.4. The van der Waals surface area contributed by atoms with E-state index in [1.807, 2.05) is 55.5 Å². The molecule has 0 bridgehead atoms. The number of nitrogens with two attached hydrogens (primary N) is 1. The van der Waals surface area contributed by atoms with E-state index in [0.717, 1.165) is 11.1 Å². The predicted octanol–water partition coefficient (Wildman–Crippen LogP) is 3.47. The van der Waals surface area contributed by atoms with Crippen molar-refractivity contribution in [3.05, 3.63) is 59.7 Å². The largest absolute Gasteiger partial charge is 0.490 e. The molecule has 2 rings (SSSR count). The third-order valence-electron chi connectivity index (χ3n) is 3.41. The van der Waals surface area contributed by atoms with E-state index in [-0.39, 0.29) is 12.4 Å². The predicted molar refractivity (Wildman–Crippen MR) is 94.2 cm³/mol. The van der Waals surface area contributed by atoms with E-state index in [9.17, 15) is 5.11 Å². The van der Waals surface area contributed by atoms with Crippen molar-refractivity contribution in [1.82, 2.24) is 0 Å². The minimum Gasteiger partial charge on any atom is -0.490 e. The van der Waals surface area contributed by atoms with E-state index in [0.29, 0.717) is 24.7 Å². The van der Waals surface area contributed by atoms with Crippen molar-refractivity contribution in [3.8, 4) is 11.5 Å². The molecular formula is C18H24ClNO3. The Bertz CT molecular complexity index is 590. The molecule has 0 saturated carbocycles. The van der Waals surface area contributed by atoms with Crippen LogP contribution in [-0.2, 0) is 6.61 Å². The van der Waals surface area contributed by atoms with Crippen molar-refractivity contribution in [2.45, 2.75) is 32.6 Å². The molecule has 5 heteroatoms. The standard InChI is InChI=1S/C18H23NO3.ClH/c1-3-21-17-11-15(18(19)13(2)20)9-10-16(17)22-12-14-7-5-4-6-8-14;/h4-11,13,18,20H,3,12,19H2,1-2H3;1H/t13-,18-;/m1./s1. The Morgan fingerprint density at radius 1 is 1.04 bits per heavy atom. The van der Waals surface area contributed by atoms with Crippen LogP contribution < -0.4 is 15.2 Å². The Balaban J connectivity index is 0.00000264. The minimum absolute atomic E-state index is 0. The molecule has 0 unspecified atom stereocenters. The van der Waals surface area contributed by atoms with Crippen LogP contribution in [0.1, 0.15) is 31.0 Å². The monoisotopic (exact) mass is 337 g/mol. The van der Waals surface area contributed by atoms with Gasteiger partial charge in [-0.1, -0.05) is 36.4 Å². The highest BCUT2D eigenvalue weighted by Gasteiger charge is 2.15. The number of hydrogen-bond donors (Lipinski definition) is 2. The van der Waals surface area contributed by atoms with Gasteiger partial charge < -0.3 is 20.3 Å². The SMILES string of the molecule is CCOc1cc([C@H](N)[C@@H](C)O)ccc1OCc1ccccc1.Cl. The molecule has 0 aliphatic carbocycles. The summed E-state index contributed by atoms with van der Waals surface area (Å²) in [5, 5.41) is 9.62. The van der Waals surface area contributed by atoms with Crippen molar-refractivity contribution >= 4 is 12.4 Å². The van der Waals surface area contributed by atoms with Gasteiger partial charge in [-0.2, -0.15) is 0 Å². The number of aliphatic hydroxyl groups excluding tert-OH is 1. The second kappa shape index (κ2) is 9.40. The summed E-state index contributed by atoms with van der Waals surface area (Å²) in [6.45, 7) is 4.60. The molecule has 0 heterocycles. The molecule has 2 aromatic carbocycles. The number of benzene rings is 2. The Kier molecular flexibility index (Phi) is 7.89. The van der Waals surface area contributed by atoms with Gasteiger partial charge >= 0.3 is 0 Å². The Hall–Kier alpha value is -1.75. The van der Waals surface area contributed by atoms with E-state index in [4.69, 9.17) is 15.2 Å². The summed E-state index contributed by atoms with van der Waals surface area (Å²) in [7, 11) is 0. The molecule has 0 radical (unpaired) electrons. The smallest absolute Gasteiger partial charge is 0.161 e. The summed E-state index contributed by atoms with van der Waals surface area (Å²) in [4.78, 5) is 0. The van der Waals surface area contributed by atoms with E-state index >= 15 is 0 Å². The van der Waals surface area contributed by atoms with Gasteiger partial charge in [0.25, 0.3) is 0 Å². The molecule has 4 nitrogen and oxygen atoms in total. The third kappa shape index (κ3) is 5.43. The zero-order valence-corrected chi connectivity index (χ0v) is 14.3. The van der Waals surface area contributed by atoms with Crippen LogP contribution in [0.4, 0.5) is 0 Å². The average molecular weight is 338 g/mol. The lowest BCUT2D eigenvalue weighted by Gasteiger charge is -2.18. The first kappa shape index (κ1) is 19.3. The molecular weight excluding hydrogens is 314 g/mol. The van der Waals surface area contributed by atoms with Gasteiger partial charge in [-0.05, 0) is 37.1 Å². The summed E-state index contributed by atoms with van der Waals surface area (Å²) in [5.41, 5.74) is 7.89.